The largest absolute Gasteiger partial charge is 0.493 e. The average molecular weight is 728 g/mol. The monoisotopic (exact) mass is 727 g/mol. The van der Waals surface area contributed by atoms with Gasteiger partial charge in [-0.25, -0.2) is 0 Å². The first-order chi connectivity index (χ1) is 25.3. The van der Waals surface area contributed by atoms with E-state index in [-0.39, 0.29) is 33.0 Å². The van der Waals surface area contributed by atoms with E-state index in [1.807, 2.05) is 32.0 Å². The van der Waals surface area contributed by atoms with Gasteiger partial charge in [-0.2, -0.15) is 5.26 Å². The van der Waals surface area contributed by atoms with Crippen LogP contribution in [0, 0.1) is 25.2 Å². The Bertz CT molecular complexity index is 1810. The van der Waals surface area contributed by atoms with Crippen LogP contribution in [-0.2, 0) is 19.8 Å². The van der Waals surface area contributed by atoms with Crippen molar-refractivity contribution in [2.24, 2.45) is 0 Å². The highest BCUT2D eigenvalue weighted by molar-refractivity contribution is 6.32. The number of hydrogen-bond donors (Lipinski definition) is 3. The van der Waals surface area contributed by atoms with E-state index in [1.165, 1.54) is 38.5 Å². The van der Waals surface area contributed by atoms with Crippen molar-refractivity contribution in [2.75, 3.05) is 39.5 Å². The summed E-state index contributed by atoms with van der Waals surface area (Å²) in [7, 11) is 0. The predicted molar refractivity (Wildman–Crippen MR) is 203 cm³/mol. The number of halogens is 1. The standard InChI is InChI=1S/C41H50ClN5O5/c1-4-41(27-48,28-49)46-24-33-19-36(42)40(20-39(33)51-25-32-18-31(21-43)22-44-23-32)52-26-37-29(2)35(12-13-45-37)34-10-8-11-38(30(34)3)50-17-9-16-47-14-6-5-7-15-47/h8,10-13,18-20,22-23,46,48-49H,4-7,9,14-17,24-28H2,1-3H3. The number of aliphatic hydroxyl groups excluding tert-OH is 2. The zero-order valence-corrected chi connectivity index (χ0v) is 31.2. The van der Waals surface area contributed by atoms with Gasteiger partial charge < -0.3 is 34.6 Å². The maximum atomic E-state index is 9.98. The van der Waals surface area contributed by atoms with Gasteiger partial charge in [0.2, 0.25) is 0 Å². The van der Waals surface area contributed by atoms with Crippen LogP contribution in [0.2, 0.25) is 5.02 Å². The van der Waals surface area contributed by atoms with E-state index < -0.39 is 5.54 Å². The fourth-order valence-electron chi connectivity index (χ4n) is 6.42. The van der Waals surface area contributed by atoms with Crippen molar-refractivity contribution in [1.82, 2.24) is 20.2 Å². The molecule has 276 valence electrons. The first-order valence-corrected chi connectivity index (χ1v) is 18.5. The number of likely N-dealkylation sites (tertiary alicyclic amines) is 1. The van der Waals surface area contributed by atoms with Crippen molar-refractivity contribution in [3.05, 3.63) is 99.6 Å². The molecule has 0 bridgehead atoms. The van der Waals surface area contributed by atoms with Gasteiger partial charge in [0.1, 0.15) is 36.5 Å². The molecule has 1 fully saturated rings. The Hall–Kier alpha value is -4.24. The molecule has 3 heterocycles. The van der Waals surface area contributed by atoms with Crippen LogP contribution in [0.15, 0.2) is 61.1 Å². The Morgan fingerprint density at radius 2 is 1.69 bits per heavy atom. The van der Waals surface area contributed by atoms with E-state index in [4.69, 9.17) is 25.8 Å². The zero-order valence-electron chi connectivity index (χ0n) is 30.5. The lowest BCUT2D eigenvalue weighted by molar-refractivity contribution is 0.0861. The molecule has 0 aliphatic carbocycles. The van der Waals surface area contributed by atoms with Gasteiger partial charge in [0.05, 0.1) is 41.6 Å². The number of ether oxygens (including phenoxy) is 3. The Balaban J connectivity index is 1.32. The molecule has 1 aliphatic heterocycles. The van der Waals surface area contributed by atoms with Gasteiger partial charge in [0.15, 0.2) is 0 Å². The smallest absolute Gasteiger partial charge is 0.142 e. The lowest BCUT2D eigenvalue weighted by Gasteiger charge is -2.30. The summed E-state index contributed by atoms with van der Waals surface area (Å²) >= 11 is 6.79. The molecule has 0 atom stereocenters. The fourth-order valence-corrected chi connectivity index (χ4v) is 6.66. The van der Waals surface area contributed by atoms with Crippen LogP contribution < -0.4 is 19.5 Å². The van der Waals surface area contributed by atoms with Crippen LogP contribution in [0.5, 0.6) is 17.2 Å². The summed E-state index contributed by atoms with van der Waals surface area (Å²) in [5, 5.41) is 32.9. The molecular formula is C41H50ClN5O5. The van der Waals surface area contributed by atoms with Gasteiger partial charge in [-0.05, 0) is 99.1 Å². The number of aromatic nitrogens is 2. The second kappa shape index (κ2) is 19.0. The number of nitrogens with zero attached hydrogens (tertiary/aromatic N) is 4. The van der Waals surface area contributed by atoms with Gasteiger partial charge in [0, 0.05) is 48.9 Å². The number of pyridine rings is 2. The molecular weight excluding hydrogens is 678 g/mol. The van der Waals surface area contributed by atoms with Crippen LogP contribution >= 0.6 is 11.6 Å². The topological polar surface area (TPSA) is 133 Å². The lowest BCUT2D eigenvalue weighted by atomic mass is 9.96. The normalized spacial score (nSPS) is 13.5. The third-order valence-electron chi connectivity index (χ3n) is 9.94. The van der Waals surface area contributed by atoms with Crippen molar-refractivity contribution in [1.29, 1.82) is 5.26 Å². The molecule has 2 aromatic carbocycles. The van der Waals surface area contributed by atoms with Crippen molar-refractivity contribution in [3.8, 4) is 34.4 Å². The number of piperidine rings is 1. The summed E-state index contributed by atoms with van der Waals surface area (Å²) in [5.74, 6) is 1.80. The predicted octanol–water partition coefficient (Wildman–Crippen LogP) is 6.92. The highest BCUT2D eigenvalue weighted by Gasteiger charge is 2.26. The van der Waals surface area contributed by atoms with Gasteiger partial charge in [-0.15, -0.1) is 0 Å². The Morgan fingerprint density at radius 3 is 2.44 bits per heavy atom. The third-order valence-corrected chi connectivity index (χ3v) is 10.2. The molecule has 0 radical (unpaired) electrons. The van der Waals surface area contributed by atoms with E-state index in [1.54, 1.807) is 30.6 Å². The summed E-state index contributed by atoms with van der Waals surface area (Å²) in [6, 6.07) is 15.5. The molecule has 11 heteroatoms. The van der Waals surface area contributed by atoms with Crippen LogP contribution in [0.25, 0.3) is 11.1 Å². The molecule has 4 aromatic rings. The molecule has 52 heavy (non-hydrogen) atoms. The van der Waals surface area contributed by atoms with E-state index in [0.29, 0.717) is 40.7 Å². The first kappa shape index (κ1) is 39.0. The molecule has 0 unspecified atom stereocenters. The Morgan fingerprint density at radius 1 is 0.923 bits per heavy atom. The van der Waals surface area contributed by atoms with Gasteiger partial charge >= 0.3 is 0 Å². The van der Waals surface area contributed by atoms with Crippen LogP contribution in [0.3, 0.4) is 0 Å². The van der Waals surface area contributed by atoms with Crippen LogP contribution in [0.1, 0.15) is 72.5 Å². The summed E-state index contributed by atoms with van der Waals surface area (Å²) in [6.07, 6.45) is 10.4. The van der Waals surface area contributed by atoms with E-state index in [0.717, 1.165) is 52.2 Å². The minimum atomic E-state index is -0.866. The molecule has 0 spiro atoms. The zero-order chi connectivity index (χ0) is 36.9. The summed E-state index contributed by atoms with van der Waals surface area (Å²) < 4.78 is 18.8. The van der Waals surface area contributed by atoms with Crippen LogP contribution in [-0.4, -0.2) is 70.1 Å². The SMILES string of the molecule is CCC(CO)(CO)NCc1cc(Cl)c(OCc2nccc(-c3cccc(OCCCN4CCCCC4)c3C)c2C)cc1OCc1cncc(C#N)c1. The first-order valence-electron chi connectivity index (χ1n) is 18.1. The number of nitrogens with one attached hydrogen (secondary N) is 1. The van der Waals surface area contributed by atoms with Gasteiger partial charge in [0.25, 0.3) is 0 Å². The van der Waals surface area contributed by atoms with Gasteiger partial charge in [-0.3, -0.25) is 9.97 Å². The maximum Gasteiger partial charge on any atom is 0.142 e. The fraction of sp³-hybridized carbons (Fsp3) is 0.439. The van der Waals surface area contributed by atoms with Crippen molar-refractivity contribution >= 4 is 11.6 Å². The molecule has 2 aromatic heterocycles. The second-order valence-electron chi connectivity index (χ2n) is 13.4. The minimum Gasteiger partial charge on any atom is -0.493 e. The molecule has 5 rings (SSSR count). The number of aliphatic hydroxyl groups is 2. The molecule has 3 N–H and O–H groups in total. The minimum absolute atomic E-state index is 0.152. The highest BCUT2D eigenvalue weighted by Crippen LogP contribution is 2.36. The quantitative estimate of drug-likeness (QED) is 0.0928. The number of rotatable bonds is 18. The average Bonchev–Trinajstić information content (AvgIpc) is 3.18. The van der Waals surface area contributed by atoms with Crippen molar-refractivity contribution in [3.63, 3.8) is 0 Å². The van der Waals surface area contributed by atoms with E-state index >= 15 is 0 Å². The Kier molecular flexibility index (Phi) is 14.3. The Labute approximate surface area is 312 Å². The molecule has 0 amide bonds. The maximum absolute atomic E-state index is 9.98. The van der Waals surface area contributed by atoms with E-state index in [9.17, 15) is 15.5 Å². The van der Waals surface area contributed by atoms with Crippen molar-refractivity contribution in [2.45, 2.75) is 78.2 Å². The van der Waals surface area contributed by atoms with Crippen molar-refractivity contribution < 1.29 is 24.4 Å². The second-order valence-corrected chi connectivity index (χ2v) is 13.8. The summed E-state index contributed by atoms with van der Waals surface area (Å²) in [5.41, 5.74) is 6.00. The molecule has 10 nitrogen and oxygen atoms in total. The highest BCUT2D eigenvalue weighted by atomic mass is 35.5. The molecule has 1 aliphatic rings. The number of nitriles is 1. The summed E-state index contributed by atoms with van der Waals surface area (Å²) in [6.45, 7) is 10.3. The van der Waals surface area contributed by atoms with Gasteiger partial charge in [-0.1, -0.05) is 37.1 Å². The lowest BCUT2D eigenvalue weighted by Crippen LogP contribution is -2.50. The van der Waals surface area contributed by atoms with Crippen LogP contribution in [0.4, 0.5) is 0 Å². The number of benzene rings is 2. The molecule has 1 saturated heterocycles. The third kappa shape index (κ3) is 10.00. The summed E-state index contributed by atoms with van der Waals surface area (Å²) in [4.78, 5) is 11.3. The molecule has 0 saturated carbocycles. The number of hydrogen-bond acceptors (Lipinski definition) is 10. The van der Waals surface area contributed by atoms with E-state index in [2.05, 4.69) is 39.2 Å².